The molecular formula is C15H20O3. The highest BCUT2D eigenvalue weighted by molar-refractivity contribution is 5.43. The fourth-order valence-corrected chi connectivity index (χ4v) is 1.75. The van der Waals surface area contributed by atoms with Crippen molar-refractivity contribution in [1.29, 1.82) is 0 Å². The Kier molecular flexibility index (Phi) is 6.10. The van der Waals surface area contributed by atoms with E-state index in [9.17, 15) is 5.11 Å². The number of methoxy groups -OCH3 is 2. The van der Waals surface area contributed by atoms with Crippen molar-refractivity contribution in [2.24, 2.45) is 0 Å². The molecule has 0 aliphatic carbocycles. The van der Waals surface area contributed by atoms with Gasteiger partial charge in [0.2, 0.25) is 0 Å². The molecule has 0 bridgehead atoms. The number of hydrogen-bond acceptors (Lipinski definition) is 3. The van der Waals surface area contributed by atoms with Crippen molar-refractivity contribution >= 4 is 0 Å². The Morgan fingerprint density at radius 3 is 2.56 bits per heavy atom. The summed E-state index contributed by atoms with van der Waals surface area (Å²) in [4.78, 5) is 0. The third kappa shape index (κ3) is 4.31. The second-order valence-electron chi connectivity index (χ2n) is 4.01. The third-order valence-electron chi connectivity index (χ3n) is 2.70. The highest BCUT2D eigenvalue weighted by Crippen LogP contribution is 2.28. The number of aliphatic hydroxyl groups excluding tert-OH is 1. The van der Waals surface area contributed by atoms with Gasteiger partial charge in [-0.25, -0.2) is 0 Å². The van der Waals surface area contributed by atoms with Crippen LogP contribution in [0.3, 0.4) is 0 Å². The molecule has 0 saturated heterocycles. The fourth-order valence-electron chi connectivity index (χ4n) is 1.75. The van der Waals surface area contributed by atoms with E-state index >= 15 is 0 Å². The minimum absolute atomic E-state index is 0.371. The van der Waals surface area contributed by atoms with Crippen LogP contribution in [0.1, 0.15) is 25.3 Å². The van der Waals surface area contributed by atoms with Gasteiger partial charge in [0, 0.05) is 6.42 Å². The number of hydrogen-bond donors (Lipinski definition) is 1. The van der Waals surface area contributed by atoms with Crippen LogP contribution < -0.4 is 9.47 Å². The van der Waals surface area contributed by atoms with Gasteiger partial charge in [-0.2, -0.15) is 0 Å². The van der Waals surface area contributed by atoms with Crippen molar-refractivity contribution in [2.75, 3.05) is 14.2 Å². The van der Waals surface area contributed by atoms with E-state index in [4.69, 9.17) is 9.47 Å². The van der Waals surface area contributed by atoms with Crippen molar-refractivity contribution < 1.29 is 14.6 Å². The van der Waals surface area contributed by atoms with Crippen molar-refractivity contribution in [3.05, 3.63) is 23.8 Å². The Balaban J connectivity index is 2.63. The van der Waals surface area contributed by atoms with Crippen LogP contribution in [-0.4, -0.2) is 25.4 Å². The molecule has 1 aromatic carbocycles. The molecular weight excluding hydrogens is 228 g/mol. The zero-order chi connectivity index (χ0) is 13.4. The van der Waals surface area contributed by atoms with E-state index in [1.165, 1.54) is 0 Å². The van der Waals surface area contributed by atoms with Crippen LogP contribution in [-0.2, 0) is 6.42 Å². The monoisotopic (exact) mass is 248 g/mol. The van der Waals surface area contributed by atoms with Gasteiger partial charge in [0.05, 0.1) is 20.3 Å². The second-order valence-corrected chi connectivity index (χ2v) is 4.01. The Morgan fingerprint density at radius 2 is 1.94 bits per heavy atom. The molecule has 1 rings (SSSR count). The minimum atomic E-state index is -0.371. The summed E-state index contributed by atoms with van der Waals surface area (Å²) in [6.45, 7) is 1.81. The molecule has 0 saturated carbocycles. The van der Waals surface area contributed by atoms with Crippen molar-refractivity contribution in [1.82, 2.24) is 0 Å². The van der Waals surface area contributed by atoms with E-state index in [0.717, 1.165) is 12.0 Å². The second kappa shape index (κ2) is 7.62. The molecule has 0 spiro atoms. The first-order valence-electron chi connectivity index (χ1n) is 5.99. The Bertz CT molecular complexity index is 429. The topological polar surface area (TPSA) is 38.7 Å². The average molecular weight is 248 g/mol. The van der Waals surface area contributed by atoms with Crippen LogP contribution in [0, 0.1) is 11.8 Å². The van der Waals surface area contributed by atoms with E-state index < -0.39 is 0 Å². The van der Waals surface area contributed by atoms with E-state index in [1.54, 1.807) is 21.1 Å². The Labute approximate surface area is 109 Å². The van der Waals surface area contributed by atoms with Crippen LogP contribution in [0.25, 0.3) is 0 Å². The molecule has 0 amide bonds. The minimum Gasteiger partial charge on any atom is -0.493 e. The maximum absolute atomic E-state index is 9.88. The number of aliphatic hydroxyl groups is 1. The average Bonchev–Trinajstić information content (AvgIpc) is 2.39. The summed E-state index contributed by atoms with van der Waals surface area (Å²) in [7, 11) is 3.21. The first-order valence-corrected chi connectivity index (χ1v) is 5.99. The first-order chi connectivity index (χ1) is 8.71. The lowest BCUT2D eigenvalue weighted by atomic mass is 10.0. The first kappa shape index (κ1) is 14.4. The van der Waals surface area contributed by atoms with Gasteiger partial charge in [0.15, 0.2) is 11.5 Å². The summed E-state index contributed by atoms with van der Waals surface area (Å²) >= 11 is 0. The molecule has 0 fully saturated rings. The Morgan fingerprint density at radius 1 is 1.22 bits per heavy atom. The smallest absolute Gasteiger partial charge is 0.160 e. The molecule has 98 valence electrons. The van der Waals surface area contributed by atoms with Gasteiger partial charge in [-0.15, -0.1) is 11.8 Å². The third-order valence-corrected chi connectivity index (χ3v) is 2.70. The molecule has 18 heavy (non-hydrogen) atoms. The lowest BCUT2D eigenvalue weighted by Gasteiger charge is -2.12. The molecule has 1 unspecified atom stereocenters. The maximum atomic E-state index is 9.88. The lowest BCUT2D eigenvalue weighted by molar-refractivity contribution is 0.166. The zero-order valence-electron chi connectivity index (χ0n) is 11.2. The molecule has 1 aromatic rings. The van der Waals surface area contributed by atoms with Gasteiger partial charge in [0.25, 0.3) is 0 Å². The van der Waals surface area contributed by atoms with Gasteiger partial charge < -0.3 is 14.6 Å². The van der Waals surface area contributed by atoms with E-state index in [0.29, 0.717) is 24.3 Å². The predicted molar refractivity (Wildman–Crippen MR) is 71.9 cm³/mol. The summed E-state index contributed by atoms with van der Waals surface area (Å²) < 4.78 is 10.4. The standard InChI is InChI=1S/C15H20O3/c1-4-5-6-7-13(16)10-12-8-9-14(17-2)15(11-12)18-3/h8-9,11,13,16H,6-7,10H2,1-3H3. The highest BCUT2D eigenvalue weighted by atomic mass is 16.5. The van der Waals surface area contributed by atoms with E-state index in [2.05, 4.69) is 11.8 Å². The van der Waals surface area contributed by atoms with E-state index in [1.807, 2.05) is 18.2 Å². The number of benzene rings is 1. The summed E-state index contributed by atoms with van der Waals surface area (Å²) in [6, 6.07) is 5.69. The van der Waals surface area contributed by atoms with Gasteiger partial charge >= 0.3 is 0 Å². The summed E-state index contributed by atoms with van der Waals surface area (Å²) in [5.41, 5.74) is 1.03. The molecule has 0 heterocycles. The Hall–Kier alpha value is -1.66. The van der Waals surface area contributed by atoms with Crippen molar-refractivity contribution in [2.45, 2.75) is 32.3 Å². The zero-order valence-corrected chi connectivity index (χ0v) is 11.2. The molecule has 1 atom stereocenters. The highest BCUT2D eigenvalue weighted by Gasteiger charge is 2.08. The van der Waals surface area contributed by atoms with Crippen LogP contribution in [0.4, 0.5) is 0 Å². The summed E-state index contributed by atoms with van der Waals surface area (Å²) in [5.74, 6) is 7.17. The maximum Gasteiger partial charge on any atom is 0.160 e. The van der Waals surface area contributed by atoms with Gasteiger partial charge in [-0.3, -0.25) is 0 Å². The van der Waals surface area contributed by atoms with Crippen LogP contribution in [0.2, 0.25) is 0 Å². The van der Waals surface area contributed by atoms with Crippen LogP contribution in [0.5, 0.6) is 11.5 Å². The predicted octanol–water partition coefficient (Wildman–Crippen LogP) is 2.41. The van der Waals surface area contributed by atoms with E-state index in [-0.39, 0.29) is 6.10 Å². The van der Waals surface area contributed by atoms with Gasteiger partial charge in [-0.05, 0) is 37.5 Å². The number of rotatable bonds is 6. The largest absolute Gasteiger partial charge is 0.493 e. The van der Waals surface area contributed by atoms with Crippen molar-refractivity contribution in [3.63, 3.8) is 0 Å². The molecule has 3 nitrogen and oxygen atoms in total. The van der Waals surface area contributed by atoms with Gasteiger partial charge in [-0.1, -0.05) is 6.07 Å². The number of ether oxygens (including phenoxy) is 2. The SMILES string of the molecule is CC#CCCC(O)Cc1ccc(OC)c(OC)c1. The summed E-state index contributed by atoms with van der Waals surface area (Å²) in [6.07, 6.45) is 1.65. The summed E-state index contributed by atoms with van der Waals surface area (Å²) in [5, 5.41) is 9.88. The normalized spacial score (nSPS) is 11.3. The molecule has 0 aliphatic rings. The molecule has 3 heteroatoms. The van der Waals surface area contributed by atoms with Crippen LogP contribution >= 0.6 is 0 Å². The molecule has 1 N–H and O–H groups in total. The quantitative estimate of drug-likeness (QED) is 0.786. The fraction of sp³-hybridized carbons (Fsp3) is 0.467. The molecule has 0 radical (unpaired) electrons. The molecule has 0 aromatic heterocycles. The van der Waals surface area contributed by atoms with Crippen LogP contribution in [0.15, 0.2) is 18.2 Å². The van der Waals surface area contributed by atoms with Gasteiger partial charge in [0.1, 0.15) is 0 Å². The van der Waals surface area contributed by atoms with Crippen molar-refractivity contribution in [3.8, 4) is 23.3 Å². The lowest BCUT2D eigenvalue weighted by Crippen LogP contribution is -2.10. The molecule has 0 aliphatic heterocycles.